The van der Waals surface area contributed by atoms with Crippen molar-refractivity contribution >= 4 is 32.7 Å². The maximum absolute atomic E-state index is 12.6. The second kappa shape index (κ2) is 6.88. The van der Waals surface area contributed by atoms with Crippen LogP contribution in [0.2, 0.25) is 0 Å². The number of hydrogen-bond donors (Lipinski definition) is 1. The first-order valence-electron chi connectivity index (χ1n) is 8.34. The van der Waals surface area contributed by atoms with Gasteiger partial charge in [0.2, 0.25) is 5.91 Å². The minimum atomic E-state index is -0.201. The van der Waals surface area contributed by atoms with Gasteiger partial charge in [0, 0.05) is 19.1 Å². The molecule has 0 radical (unpaired) electrons. The third kappa shape index (κ3) is 3.58. The number of hydrogen-bond acceptors (Lipinski definition) is 6. The summed E-state index contributed by atoms with van der Waals surface area (Å²) in [6.45, 7) is 7.92. The van der Waals surface area contributed by atoms with Crippen molar-refractivity contribution in [1.82, 2.24) is 19.9 Å². The fourth-order valence-electron chi connectivity index (χ4n) is 2.97. The van der Waals surface area contributed by atoms with Crippen LogP contribution in [0.4, 0.5) is 5.13 Å². The highest BCUT2D eigenvalue weighted by Crippen LogP contribution is 2.28. The number of fused-ring (bicyclic) bond motifs is 1. The Kier molecular flexibility index (Phi) is 4.84. The van der Waals surface area contributed by atoms with Crippen molar-refractivity contribution in [3.05, 3.63) is 16.7 Å². The summed E-state index contributed by atoms with van der Waals surface area (Å²) in [6.07, 6.45) is 3.79. The largest absolute Gasteiger partial charge is 0.352 e. The zero-order chi connectivity index (χ0) is 17.3. The SMILES string of the molecule is CC(C)NC(=O)Cn1cnc2nc(N3CCC[C@@H](C)C3)sc2c1=O. The number of rotatable bonds is 4. The van der Waals surface area contributed by atoms with Crippen molar-refractivity contribution in [1.29, 1.82) is 0 Å². The van der Waals surface area contributed by atoms with E-state index in [2.05, 4.69) is 27.1 Å². The van der Waals surface area contributed by atoms with Gasteiger partial charge in [0.05, 0.1) is 0 Å². The second-order valence-electron chi connectivity index (χ2n) is 6.74. The van der Waals surface area contributed by atoms with Gasteiger partial charge in [0.1, 0.15) is 17.6 Å². The van der Waals surface area contributed by atoms with E-state index in [4.69, 9.17) is 0 Å². The lowest BCUT2D eigenvalue weighted by Crippen LogP contribution is -2.36. The molecule has 2 aromatic rings. The van der Waals surface area contributed by atoms with Crippen LogP contribution in [0.25, 0.3) is 10.3 Å². The molecule has 0 unspecified atom stereocenters. The van der Waals surface area contributed by atoms with Gasteiger partial charge < -0.3 is 10.2 Å². The number of amides is 1. The molecule has 1 aliphatic rings. The van der Waals surface area contributed by atoms with Gasteiger partial charge in [-0.25, -0.2) is 4.98 Å². The molecule has 0 aromatic carbocycles. The molecule has 1 N–H and O–H groups in total. The minimum Gasteiger partial charge on any atom is -0.352 e. The molecule has 1 saturated heterocycles. The summed E-state index contributed by atoms with van der Waals surface area (Å²) >= 11 is 1.37. The highest BCUT2D eigenvalue weighted by Gasteiger charge is 2.21. The van der Waals surface area contributed by atoms with Crippen molar-refractivity contribution in [2.75, 3.05) is 18.0 Å². The van der Waals surface area contributed by atoms with Crippen molar-refractivity contribution < 1.29 is 4.79 Å². The Morgan fingerprint density at radius 2 is 2.29 bits per heavy atom. The van der Waals surface area contributed by atoms with Crippen LogP contribution in [0.3, 0.4) is 0 Å². The summed E-state index contributed by atoms with van der Waals surface area (Å²) in [5.41, 5.74) is 0.270. The molecule has 1 amide bonds. The van der Waals surface area contributed by atoms with Gasteiger partial charge >= 0.3 is 0 Å². The maximum atomic E-state index is 12.6. The van der Waals surface area contributed by atoms with E-state index in [1.54, 1.807) is 0 Å². The van der Waals surface area contributed by atoms with Crippen molar-refractivity contribution in [2.45, 2.75) is 46.2 Å². The standard InChI is InChI=1S/C16H23N5O2S/c1-10(2)18-12(22)8-21-9-17-14-13(15(21)23)24-16(19-14)20-6-4-5-11(3)7-20/h9-11H,4-8H2,1-3H3,(H,18,22)/t11-/m1/s1. The van der Waals surface area contributed by atoms with Crippen LogP contribution >= 0.6 is 11.3 Å². The van der Waals surface area contributed by atoms with Crippen LogP contribution < -0.4 is 15.8 Å². The molecule has 2 aromatic heterocycles. The van der Waals surface area contributed by atoms with E-state index in [-0.39, 0.29) is 24.1 Å². The molecule has 7 nitrogen and oxygen atoms in total. The molecule has 0 saturated carbocycles. The minimum absolute atomic E-state index is 0.0199. The molecule has 8 heteroatoms. The number of carbonyl (C=O) groups excluding carboxylic acids is 1. The van der Waals surface area contributed by atoms with Crippen molar-refractivity contribution in [3.8, 4) is 0 Å². The quantitative estimate of drug-likeness (QED) is 0.907. The van der Waals surface area contributed by atoms with Crippen molar-refractivity contribution in [2.24, 2.45) is 5.92 Å². The third-order valence-electron chi connectivity index (χ3n) is 4.06. The molecule has 1 aliphatic heterocycles. The van der Waals surface area contributed by atoms with Crippen LogP contribution in [0, 0.1) is 5.92 Å². The number of carbonyl (C=O) groups is 1. The van der Waals surface area contributed by atoms with E-state index >= 15 is 0 Å². The lowest BCUT2D eigenvalue weighted by Gasteiger charge is -2.30. The molecule has 1 atom stereocenters. The Morgan fingerprint density at radius 1 is 1.50 bits per heavy atom. The van der Waals surface area contributed by atoms with Gasteiger partial charge in [-0.1, -0.05) is 18.3 Å². The zero-order valence-electron chi connectivity index (χ0n) is 14.3. The summed E-state index contributed by atoms with van der Waals surface area (Å²) in [5.74, 6) is 0.443. The van der Waals surface area contributed by atoms with E-state index < -0.39 is 0 Å². The topological polar surface area (TPSA) is 80.1 Å². The number of aromatic nitrogens is 3. The summed E-state index contributed by atoms with van der Waals surface area (Å²) in [6, 6.07) is 0.0426. The maximum Gasteiger partial charge on any atom is 0.273 e. The Labute approximate surface area is 144 Å². The van der Waals surface area contributed by atoms with E-state index in [9.17, 15) is 9.59 Å². The zero-order valence-corrected chi connectivity index (χ0v) is 15.1. The normalized spacial score (nSPS) is 18.3. The van der Waals surface area contributed by atoms with Crippen LogP contribution in [-0.4, -0.2) is 39.6 Å². The van der Waals surface area contributed by atoms with Gasteiger partial charge in [-0.15, -0.1) is 0 Å². The molecule has 24 heavy (non-hydrogen) atoms. The molecule has 3 heterocycles. The summed E-state index contributed by atoms with van der Waals surface area (Å²) < 4.78 is 1.86. The van der Waals surface area contributed by atoms with Crippen LogP contribution in [0.1, 0.15) is 33.6 Å². The molecule has 3 rings (SSSR count). The number of thiazole rings is 1. The Morgan fingerprint density at radius 3 is 3.00 bits per heavy atom. The Hall–Kier alpha value is -1.96. The molecular weight excluding hydrogens is 326 g/mol. The number of anilines is 1. The third-order valence-corrected chi connectivity index (χ3v) is 5.16. The second-order valence-corrected chi connectivity index (χ2v) is 7.72. The summed E-state index contributed by atoms with van der Waals surface area (Å²) in [4.78, 5) is 35.5. The Balaban J connectivity index is 1.86. The average molecular weight is 349 g/mol. The lowest BCUT2D eigenvalue weighted by molar-refractivity contribution is -0.122. The molecule has 1 fully saturated rings. The van der Waals surface area contributed by atoms with Crippen LogP contribution in [-0.2, 0) is 11.3 Å². The first-order valence-corrected chi connectivity index (χ1v) is 9.16. The van der Waals surface area contributed by atoms with E-state index in [0.29, 0.717) is 16.3 Å². The van der Waals surface area contributed by atoms with E-state index in [1.165, 1.54) is 28.7 Å². The van der Waals surface area contributed by atoms with E-state index in [0.717, 1.165) is 24.6 Å². The molecular formula is C16H23N5O2S. The van der Waals surface area contributed by atoms with Gasteiger partial charge in [-0.2, -0.15) is 4.98 Å². The predicted octanol–water partition coefficient (Wildman–Crippen LogP) is 1.61. The van der Waals surface area contributed by atoms with Gasteiger partial charge in [0.15, 0.2) is 10.8 Å². The van der Waals surface area contributed by atoms with Crippen LogP contribution in [0.15, 0.2) is 11.1 Å². The molecule has 0 aliphatic carbocycles. The smallest absolute Gasteiger partial charge is 0.273 e. The predicted molar refractivity (Wildman–Crippen MR) is 95.6 cm³/mol. The lowest BCUT2D eigenvalue weighted by atomic mass is 10.0. The monoisotopic (exact) mass is 349 g/mol. The highest BCUT2D eigenvalue weighted by molar-refractivity contribution is 7.22. The van der Waals surface area contributed by atoms with Crippen molar-refractivity contribution in [3.63, 3.8) is 0 Å². The number of piperidine rings is 1. The molecule has 0 bridgehead atoms. The molecule has 0 spiro atoms. The fraction of sp³-hybridized carbons (Fsp3) is 0.625. The van der Waals surface area contributed by atoms with Crippen LogP contribution in [0.5, 0.6) is 0 Å². The summed E-state index contributed by atoms with van der Waals surface area (Å²) in [7, 11) is 0. The number of nitrogens with one attached hydrogen (secondary N) is 1. The van der Waals surface area contributed by atoms with Gasteiger partial charge in [0.25, 0.3) is 5.56 Å². The number of nitrogens with zero attached hydrogens (tertiary/aromatic N) is 4. The highest BCUT2D eigenvalue weighted by atomic mass is 32.1. The molecule has 130 valence electrons. The average Bonchev–Trinajstić information content (AvgIpc) is 2.94. The summed E-state index contributed by atoms with van der Waals surface area (Å²) in [5, 5.41) is 3.63. The first-order chi connectivity index (χ1) is 11.4. The van der Waals surface area contributed by atoms with Gasteiger partial charge in [-0.05, 0) is 32.6 Å². The Bertz CT molecular complexity index is 797. The first kappa shape index (κ1) is 16.9. The fourth-order valence-corrected chi connectivity index (χ4v) is 3.97. The van der Waals surface area contributed by atoms with E-state index in [1.807, 2.05) is 13.8 Å². The van der Waals surface area contributed by atoms with Gasteiger partial charge in [-0.3, -0.25) is 14.2 Å².